The Bertz CT molecular complexity index is 701. The molecule has 0 amide bonds. The fraction of sp³-hybridized carbons (Fsp3) is 0. The second-order valence-corrected chi connectivity index (χ2v) is 3.89. The van der Waals surface area contributed by atoms with Gasteiger partial charge < -0.3 is 5.21 Å². The molecule has 4 nitrogen and oxygen atoms in total. The predicted octanol–water partition coefficient (Wildman–Crippen LogP) is 2.81. The Morgan fingerprint density at radius 1 is 1.06 bits per heavy atom. The van der Waals surface area contributed by atoms with Crippen LogP contribution in [0.2, 0.25) is 0 Å². The van der Waals surface area contributed by atoms with Gasteiger partial charge in [0.15, 0.2) is 0 Å². The lowest BCUT2D eigenvalue weighted by molar-refractivity contribution is 0.322. The molecule has 1 aromatic carbocycles. The van der Waals surface area contributed by atoms with E-state index in [4.69, 9.17) is 5.21 Å². The SMILES string of the molecule is O/N=C/c1nc(-c2ccccc2)n2ccccc12. The number of benzene rings is 1. The van der Waals surface area contributed by atoms with Crippen LogP contribution in [0.4, 0.5) is 0 Å². The number of pyridine rings is 1. The van der Waals surface area contributed by atoms with Crippen LogP contribution in [0.25, 0.3) is 16.9 Å². The number of aromatic nitrogens is 2. The molecule has 0 spiro atoms. The summed E-state index contributed by atoms with van der Waals surface area (Å²) in [6.07, 6.45) is 3.29. The van der Waals surface area contributed by atoms with Gasteiger partial charge in [-0.1, -0.05) is 41.6 Å². The van der Waals surface area contributed by atoms with Gasteiger partial charge in [-0.25, -0.2) is 4.98 Å². The van der Waals surface area contributed by atoms with Crippen LogP contribution in [0.5, 0.6) is 0 Å². The smallest absolute Gasteiger partial charge is 0.145 e. The van der Waals surface area contributed by atoms with Gasteiger partial charge in [0.25, 0.3) is 0 Å². The second kappa shape index (κ2) is 4.33. The highest BCUT2D eigenvalue weighted by Crippen LogP contribution is 2.21. The summed E-state index contributed by atoms with van der Waals surface area (Å²) in [6.45, 7) is 0. The Balaban J connectivity index is 2.30. The molecule has 3 rings (SSSR count). The van der Waals surface area contributed by atoms with Gasteiger partial charge in [0.2, 0.25) is 0 Å². The highest BCUT2D eigenvalue weighted by molar-refractivity contribution is 5.88. The van der Waals surface area contributed by atoms with Crippen molar-refractivity contribution in [2.24, 2.45) is 5.16 Å². The molecule has 0 radical (unpaired) electrons. The number of nitrogens with zero attached hydrogens (tertiary/aromatic N) is 3. The molecule has 4 heteroatoms. The van der Waals surface area contributed by atoms with E-state index in [-0.39, 0.29) is 0 Å². The zero-order chi connectivity index (χ0) is 12.4. The summed E-state index contributed by atoms with van der Waals surface area (Å²) in [5.74, 6) is 0.834. The molecule has 88 valence electrons. The molecule has 0 saturated heterocycles. The molecule has 0 aliphatic carbocycles. The third-order valence-electron chi connectivity index (χ3n) is 2.79. The Kier molecular flexibility index (Phi) is 2.53. The highest BCUT2D eigenvalue weighted by Gasteiger charge is 2.10. The maximum atomic E-state index is 8.68. The molecule has 18 heavy (non-hydrogen) atoms. The molecule has 1 N–H and O–H groups in total. The van der Waals surface area contributed by atoms with E-state index in [1.807, 2.05) is 59.1 Å². The van der Waals surface area contributed by atoms with Gasteiger partial charge in [0.05, 0.1) is 11.7 Å². The average molecular weight is 237 g/mol. The van der Waals surface area contributed by atoms with E-state index in [0.29, 0.717) is 5.69 Å². The second-order valence-electron chi connectivity index (χ2n) is 3.89. The van der Waals surface area contributed by atoms with E-state index in [2.05, 4.69) is 10.1 Å². The zero-order valence-electron chi connectivity index (χ0n) is 9.56. The summed E-state index contributed by atoms with van der Waals surface area (Å²) in [5, 5.41) is 11.7. The van der Waals surface area contributed by atoms with Crippen molar-refractivity contribution in [1.82, 2.24) is 9.38 Å². The molecule has 0 fully saturated rings. The van der Waals surface area contributed by atoms with Gasteiger partial charge in [-0.3, -0.25) is 4.40 Å². The molecule has 0 saturated carbocycles. The third kappa shape index (κ3) is 1.64. The number of hydrogen-bond donors (Lipinski definition) is 1. The summed E-state index contributed by atoms with van der Waals surface area (Å²) in [5.41, 5.74) is 2.59. The summed E-state index contributed by atoms with van der Waals surface area (Å²) in [7, 11) is 0. The van der Waals surface area contributed by atoms with Gasteiger partial charge in [0.1, 0.15) is 11.5 Å². The Morgan fingerprint density at radius 2 is 1.83 bits per heavy atom. The van der Waals surface area contributed by atoms with Crippen molar-refractivity contribution in [1.29, 1.82) is 0 Å². The van der Waals surface area contributed by atoms with Crippen LogP contribution < -0.4 is 0 Å². The van der Waals surface area contributed by atoms with Crippen LogP contribution in [0.3, 0.4) is 0 Å². The Hall–Kier alpha value is -2.62. The quantitative estimate of drug-likeness (QED) is 0.423. The molecule has 0 bridgehead atoms. The van der Waals surface area contributed by atoms with Crippen molar-refractivity contribution >= 4 is 11.7 Å². The largest absolute Gasteiger partial charge is 0.411 e. The molecule has 0 unspecified atom stereocenters. The van der Waals surface area contributed by atoms with Crippen LogP contribution in [0.1, 0.15) is 5.69 Å². The summed E-state index contributed by atoms with van der Waals surface area (Å²) >= 11 is 0. The molecular weight excluding hydrogens is 226 g/mol. The normalized spacial score (nSPS) is 11.3. The van der Waals surface area contributed by atoms with Gasteiger partial charge in [-0.15, -0.1) is 0 Å². The topological polar surface area (TPSA) is 49.9 Å². The van der Waals surface area contributed by atoms with Crippen molar-refractivity contribution < 1.29 is 5.21 Å². The van der Waals surface area contributed by atoms with Crippen LogP contribution in [-0.4, -0.2) is 20.8 Å². The highest BCUT2D eigenvalue weighted by atomic mass is 16.4. The van der Waals surface area contributed by atoms with Crippen LogP contribution in [0, 0.1) is 0 Å². The molecule has 0 atom stereocenters. The maximum absolute atomic E-state index is 8.68. The minimum atomic E-state index is 0.650. The predicted molar refractivity (Wildman–Crippen MR) is 70.0 cm³/mol. The maximum Gasteiger partial charge on any atom is 0.145 e. The first-order chi connectivity index (χ1) is 8.90. The standard InChI is InChI=1S/C14H11N3O/c18-15-10-12-13-8-4-5-9-17(13)14(16-12)11-6-2-1-3-7-11/h1-10,18H/b15-10+. The van der Waals surface area contributed by atoms with Crippen LogP contribution in [0.15, 0.2) is 59.9 Å². The van der Waals surface area contributed by atoms with Crippen LogP contribution >= 0.6 is 0 Å². The monoisotopic (exact) mass is 237 g/mol. The van der Waals surface area contributed by atoms with E-state index in [1.165, 1.54) is 6.21 Å². The van der Waals surface area contributed by atoms with Crippen molar-refractivity contribution in [3.05, 3.63) is 60.4 Å². The van der Waals surface area contributed by atoms with Gasteiger partial charge in [-0.05, 0) is 12.1 Å². The number of fused-ring (bicyclic) bond motifs is 1. The number of imidazole rings is 1. The zero-order valence-corrected chi connectivity index (χ0v) is 9.56. The van der Waals surface area contributed by atoms with Crippen LogP contribution in [-0.2, 0) is 0 Å². The van der Waals surface area contributed by atoms with E-state index < -0.39 is 0 Å². The van der Waals surface area contributed by atoms with Crippen molar-refractivity contribution in [2.75, 3.05) is 0 Å². The number of rotatable bonds is 2. The fourth-order valence-corrected chi connectivity index (χ4v) is 2.00. The molecule has 0 aliphatic heterocycles. The van der Waals surface area contributed by atoms with Gasteiger partial charge >= 0.3 is 0 Å². The summed E-state index contributed by atoms with van der Waals surface area (Å²) in [4.78, 5) is 4.50. The van der Waals surface area contributed by atoms with Gasteiger partial charge in [0, 0.05) is 11.8 Å². The molecule has 2 heterocycles. The Labute approximate surface area is 104 Å². The van der Waals surface area contributed by atoms with Gasteiger partial charge in [-0.2, -0.15) is 0 Å². The van der Waals surface area contributed by atoms with E-state index in [9.17, 15) is 0 Å². The lowest BCUT2D eigenvalue weighted by atomic mass is 10.2. The van der Waals surface area contributed by atoms with E-state index in [1.54, 1.807) is 0 Å². The minimum absolute atomic E-state index is 0.650. The molecule has 3 aromatic rings. The van der Waals surface area contributed by atoms with Crippen molar-refractivity contribution in [2.45, 2.75) is 0 Å². The van der Waals surface area contributed by atoms with Crippen molar-refractivity contribution in [3.63, 3.8) is 0 Å². The number of oxime groups is 1. The third-order valence-corrected chi connectivity index (χ3v) is 2.79. The van der Waals surface area contributed by atoms with E-state index in [0.717, 1.165) is 16.9 Å². The molecule has 0 aliphatic rings. The minimum Gasteiger partial charge on any atom is -0.411 e. The van der Waals surface area contributed by atoms with Crippen molar-refractivity contribution in [3.8, 4) is 11.4 Å². The first-order valence-electron chi connectivity index (χ1n) is 5.60. The summed E-state index contributed by atoms with van der Waals surface area (Å²) < 4.78 is 1.98. The number of hydrogen-bond acceptors (Lipinski definition) is 3. The Morgan fingerprint density at radius 3 is 2.61 bits per heavy atom. The average Bonchev–Trinajstić information content (AvgIpc) is 2.80. The first kappa shape index (κ1) is 10.5. The lowest BCUT2D eigenvalue weighted by Gasteiger charge is -1.99. The van der Waals surface area contributed by atoms with E-state index >= 15 is 0 Å². The fourth-order valence-electron chi connectivity index (χ4n) is 2.00. The molecular formula is C14H11N3O. The first-order valence-corrected chi connectivity index (χ1v) is 5.60. The molecule has 2 aromatic heterocycles. The summed E-state index contributed by atoms with van der Waals surface area (Å²) in [6, 6.07) is 15.7. The lowest BCUT2D eigenvalue weighted by Crippen LogP contribution is -1.87.